The van der Waals surface area contributed by atoms with Crippen LogP contribution < -0.4 is 11.0 Å². The van der Waals surface area contributed by atoms with Gasteiger partial charge in [0.2, 0.25) is 0 Å². The monoisotopic (exact) mass is 274 g/mol. The van der Waals surface area contributed by atoms with Gasteiger partial charge in [-0.05, 0) is 25.0 Å². The molecular weight excluding hydrogens is 252 g/mol. The predicted octanol–water partition coefficient (Wildman–Crippen LogP) is 2.33. The molecule has 1 N–H and O–H groups in total. The largest absolute Gasteiger partial charge is 0.370 e. The van der Waals surface area contributed by atoms with Crippen LogP contribution >= 0.6 is 0 Å². The average molecular weight is 274 g/mol. The molecule has 0 aliphatic carbocycles. The fourth-order valence-electron chi connectivity index (χ4n) is 2.08. The van der Waals surface area contributed by atoms with Crippen molar-refractivity contribution in [3.63, 3.8) is 0 Å². The van der Waals surface area contributed by atoms with Crippen LogP contribution in [0.25, 0.3) is 0 Å². The Hall–Kier alpha value is -2.04. The molecule has 0 saturated heterocycles. The van der Waals surface area contributed by atoms with E-state index in [9.17, 15) is 4.79 Å². The first-order valence-corrected chi connectivity index (χ1v) is 7.20. The summed E-state index contributed by atoms with van der Waals surface area (Å²) in [4.78, 5) is 16.6. The van der Waals surface area contributed by atoms with E-state index in [0.29, 0.717) is 6.54 Å². The molecule has 2 aromatic rings. The molecule has 0 bridgehead atoms. The summed E-state index contributed by atoms with van der Waals surface area (Å²) in [5.74, 6) is 0.866. The first-order chi connectivity index (χ1) is 9.74. The summed E-state index contributed by atoms with van der Waals surface area (Å²) < 4.78 is 3.43. The number of aryl methyl sites for hydroxylation is 1. The number of hydrogen-bond donors (Lipinski definition) is 1. The van der Waals surface area contributed by atoms with Crippen molar-refractivity contribution in [1.29, 1.82) is 0 Å². The van der Waals surface area contributed by atoms with Crippen LogP contribution in [0.1, 0.15) is 32.4 Å². The van der Waals surface area contributed by atoms with Crippen molar-refractivity contribution < 1.29 is 0 Å². The van der Waals surface area contributed by atoms with Crippen molar-refractivity contribution in [1.82, 2.24) is 14.1 Å². The van der Waals surface area contributed by atoms with E-state index in [4.69, 9.17) is 0 Å². The topological polar surface area (TPSA) is 51.9 Å². The highest BCUT2D eigenvalue weighted by atomic mass is 16.1. The molecule has 0 atom stereocenters. The summed E-state index contributed by atoms with van der Waals surface area (Å²) in [6.45, 7) is 6.36. The zero-order valence-corrected chi connectivity index (χ0v) is 12.2. The molecule has 0 spiro atoms. The molecule has 2 aromatic heterocycles. The number of rotatable bonds is 7. The fraction of sp³-hybridized carbons (Fsp3) is 0.467. The number of pyridine rings is 1. The van der Waals surface area contributed by atoms with Crippen LogP contribution in [0.3, 0.4) is 0 Å². The van der Waals surface area contributed by atoms with E-state index >= 15 is 0 Å². The Balaban J connectivity index is 2.11. The highest BCUT2D eigenvalue weighted by Gasteiger charge is 2.04. The number of aromatic nitrogens is 3. The molecule has 0 radical (unpaired) electrons. The minimum atomic E-state index is 0.0283. The van der Waals surface area contributed by atoms with E-state index in [-0.39, 0.29) is 5.69 Å². The minimum Gasteiger partial charge on any atom is -0.370 e. The smallest absolute Gasteiger partial charge is 0.328 e. The third kappa shape index (κ3) is 3.50. The van der Waals surface area contributed by atoms with Crippen LogP contribution in [0.5, 0.6) is 0 Å². The van der Waals surface area contributed by atoms with Crippen molar-refractivity contribution >= 4 is 5.82 Å². The molecule has 0 aliphatic rings. The number of imidazole rings is 1. The van der Waals surface area contributed by atoms with Gasteiger partial charge in [-0.1, -0.05) is 19.9 Å². The summed E-state index contributed by atoms with van der Waals surface area (Å²) in [6, 6.07) is 5.86. The third-order valence-corrected chi connectivity index (χ3v) is 3.08. The Bertz CT molecular complexity index is 600. The maximum atomic E-state index is 12.1. The van der Waals surface area contributed by atoms with Crippen LogP contribution in [-0.4, -0.2) is 20.7 Å². The molecule has 5 nitrogen and oxygen atoms in total. The zero-order chi connectivity index (χ0) is 14.4. The van der Waals surface area contributed by atoms with Gasteiger partial charge in [0.05, 0.1) is 12.2 Å². The summed E-state index contributed by atoms with van der Waals surface area (Å²) in [5.41, 5.74) is 0.919. The molecule has 2 heterocycles. The Morgan fingerprint density at radius 2 is 1.95 bits per heavy atom. The number of anilines is 1. The number of hydrogen-bond acceptors (Lipinski definition) is 3. The maximum Gasteiger partial charge on any atom is 0.328 e. The van der Waals surface area contributed by atoms with Gasteiger partial charge in [-0.3, -0.25) is 9.13 Å². The SMILES string of the molecule is CCCNc1cccc(Cn2ccn(CCC)c2=O)n1. The van der Waals surface area contributed by atoms with Crippen LogP contribution in [0.4, 0.5) is 5.82 Å². The van der Waals surface area contributed by atoms with E-state index in [2.05, 4.69) is 24.1 Å². The number of nitrogens with zero attached hydrogens (tertiary/aromatic N) is 3. The van der Waals surface area contributed by atoms with Gasteiger partial charge in [0.1, 0.15) is 5.82 Å². The second-order valence-corrected chi connectivity index (χ2v) is 4.84. The van der Waals surface area contributed by atoms with E-state index in [1.807, 2.05) is 30.6 Å². The highest BCUT2D eigenvalue weighted by molar-refractivity contribution is 5.35. The average Bonchev–Trinajstić information content (AvgIpc) is 2.79. The van der Waals surface area contributed by atoms with Gasteiger partial charge in [0, 0.05) is 25.5 Å². The third-order valence-electron chi connectivity index (χ3n) is 3.08. The van der Waals surface area contributed by atoms with Gasteiger partial charge in [-0.25, -0.2) is 9.78 Å². The normalized spacial score (nSPS) is 10.7. The van der Waals surface area contributed by atoms with Crippen molar-refractivity contribution in [2.24, 2.45) is 0 Å². The molecule has 0 saturated carbocycles. The second-order valence-electron chi connectivity index (χ2n) is 4.84. The lowest BCUT2D eigenvalue weighted by molar-refractivity contribution is 0.621. The van der Waals surface area contributed by atoms with E-state index in [1.165, 1.54) is 0 Å². The minimum absolute atomic E-state index is 0.0283. The second kappa shape index (κ2) is 6.93. The van der Waals surface area contributed by atoms with Crippen LogP contribution in [-0.2, 0) is 13.1 Å². The van der Waals surface area contributed by atoms with E-state index < -0.39 is 0 Å². The van der Waals surface area contributed by atoms with Crippen molar-refractivity contribution in [3.8, 4) is 0 Å². The summed E-state index contributed by atoms with van der Waals surface area (Å²) >= 11 is 0. The van der Waals surface area contributed by atoms with Gasteiger partial charge in [0.25, 0.3) is 0 Å². The Morgan fingerprint density at radius 3 is 2.70 bits per heavy atom. The molecule has 0 amide bonds. The Morgan fingerprint density at radius 1 is 1.15 bits per heavy atom. The van der Waals surface area contributed by atoms with Crippen LogP contribution in [0, 0.1) is 0 Å². The van der Waals surface area contributed by atoms with Gasteiger partial charge in [0.15, 0.2) is 0 Å². The molecule has 108 valence electrons. The van der Waals surface area contributed by atoms with Gasteiger partial charge in [-0.2, -0.15) is 0 Å². The molecule has 0 unspecified atom stereocenters. The fourth-order valence-corrected chi connectivity index (χ4v) is 2.08. The molecule has 0 fully saturated rings. The van der Waals surface area contributed by atoms with Crippen molar-refractivity contribution in [2.75, 3.05) is 11.9 Å². The van der Waals surface area contributed by atoms with Crippen molar-refractivity contribution in [3.05, 3.63) is 46.8 Å². The lowest BCUT2D eigenvalue weighted by atomic mass is 10.3. The van der Waals surface area contributed by atoms with Gasteiger partial charge >= 0.3 is 5.69 Å². The summed E-state index contributed by atoms with van der Waals surface area (Å²) in [5, 5.41) is 3.26. The summed E-state index contributed by atoms with van der Waals surface area (Å²) in [7, 11) is 0. The number of nitrogens with one attached hydrogen (secondary N) is 1. The van der Waals surface area contributed by atoms with E-state index in [0.717, 1.165) is 37.4 Å². The first kappa shape index (κ1) is 14.4. The quantitative estimate of drug-likeness (QED) is 0.843. The maximum absolute atomic E-state index is 12.1. The lowest BCUT2D eigenvalue weighted by Crippen LogP contribution is -2.24. The Kier molecular flexibility index (Phi) is 4.98. The van der Waals surface area contributed by atoms with Crippen LogP contribution in [0.15, 0.2) is 35.4 Å². The molecule has 0 aromatic carbocycles. The molecule has 5 heteroatoms. The lowest BCUT2D eigenvalue weighted by Gasteiger charge is -2.06. The van der Waals surface area contributed by atoms with Gasteiger partial charge in [-0.15, -0.1) is 0 Å². The first-order valence-electron chi connectivity index (χ1n) is 7.20. The van der Waals surface area contributed by atoms with E-state index in [1.54, 1.807) is 9.13 Å². The molecule has 20 heavy (non-hydrogen) atoms. The van der Waals surface area contributed by atoms with Crippen LogP contribution in [0.2, 0.25) is 0 Å². The van der Waals surface area contributed by atoms with Crippen molar-refractivity contribution in [2.45, 2.75) is 39.8 Å². The Labute approximate surface area is 119 Å². The molecule has 0 aliphatic heterocycles. The molecule has 2 rings (SSSR count). The molecular formula is C15H22N4O. The summed E-state index contributed by atoms with van der Waals surface area (Å²) in [6.07, 6.45) is 5.68. The zero-order valence-electron chi connectivity index (χ0n) is 12.2. The van der Waals surface area contributed by atoms with Gasteiger partial charge < -0.3 is 5.32 Å². The predicted molar refractivity (Wildman–Crippen MR) is 81.1 cm³/mol. The standard InChI is InChI=1S/C15H22N4O/c1-3-8-16-14-7-5-6-13(17-14)12-19-11-10-18(9-4-2)15(19)20/h5-7,10-11H,3-4,8-9,12H2,1-2H3,(H,16,17). The highest BCUT2D eigenvalue weighted by Crippen LogP contribution is 2.06.